The predicted octanol–water partition coefficient (Wildman–Crippen LogP) is 4.56. The fourth-order valence-corrected chi connectivity index (χ4v) is 5.44. The second kappa shape index (κ2) is 11.9. The normalized spacial score (nSPS) is 12.3. The lowest BCUT2D eigenvalue weighted by Crippen LogP contribution is -2.25. The summed E-state index contributed by atoms with van der Waals surface area (Å²) in [7, 11) is 3.19. The Labute approximate surface area is 202 Å². The molecule has 1 unspecified atom stereocenters. The first-order chi connectivity index (χ1) is 15.9. The standard InChI is InChI=1S/C24H32N2O5S2/c1-6-7-10-26-23(28)21-15(2)16(3)33-22(21)25-24(26)32-14-18(27)13-31-12-17-8-9-19(29-4)20(11-17)30-5/h8-9,11,18,27H,6-7,10,12-14H2,1-5H3. The molecule has 7 nitrogen and oxygen atoms in total. The Hall–Kier alpha value is -2.07. The van der Waals surface area contributed by atoms with Crippen molar-refractivity contribution in [3.63, 3.8) is 0 Å². The lowest BCUT2D eigenvalue weighted by atomic mass is 10.2. The van der Waals surface area contributed by atoms with Crippen molar-refractivity contribution >= 4 is 33.3 Å². The average Bonchev–Trinajstić information content (AvgIpc) is 3.10. The highest BCUT2D eigenvalue weighted by atomic mass is 32.2. The summed E-state index contributed by atoms with van der Waals surface area (Å²) in [5.74, 6) is 1.69. The van der Waals surface area contributed by atoms with Gasteiger partial charge in [-0.2, -0.15) is 0 Å². The number of aromatic nitrogens is 2. The van der Waals surface area contributed by atoms with Crippen LogP contribution in [0.1, 0.15) is 35.8 Å². The molecule has 1 aromatic carbocycles. The van der Waals surface area contributed by atoms with E-state index in [0.717, 1.165) is 39.1 Å². The lowest BCUT2D eigenvalue weighted by Gasteiger charge is -2.15. The summed E-state index contributed by atoms with van der Waals surface area (Å²) >= 11 is 2.95. The molecule has 3 rings (SSSR count). The van der Waals surface area contributed by atoms with Gasteiger partial charge in [-0.15, -0.1) is 11.3 Å². The summed E-state index contributed by atoms with van der Waals surface area (Å²) < 4.78 is 18.0. The zero-order valence-corrected chi connectivity index (χ0v) is 21.5. The summed E-state index contributed by atoms with van der Waals surface area (Å²) in [6, 6.07) is 5.59. The first kappa shape index (κ1) is 25.6. The van der Waals surface area contributed by atoms with Crippen LogP contribution in [0.15, 0.2) is 28.2 Å². The van der Waals surface area contributed by atoms with Crippen LogP contribution in [-0.2, 0) is 17.9 Å². The van der Waals surface area contributed by atoms with Gasteiger partial charge >= 0.3 is 0 Å². The fourth-order valence-electron chi connectivity index (χ4n) is 3.43. The maximum absolute atomic E-state index is 13.2. The van der Waals surface area contributed by atoms with Crippen LogP contribution in [-0.4, -0.2) is 47.3 Å². The number of aryl methyl sites for hydroxylation is 2. The van der Waals surface area contributed by atoms with E-state index in [0.29, 0.717) is 35.6 Å². The number of fused-ring (bicyclic) bond motifs is 1. The van der Waals surface area contributed by atoms with Gasteiger partial charge in [0.1, 0.15) is 4.83 Å². The van der Waals surface area contributed by atoms with Gasteiger partial charge in [0.05, 0.1) is 38.9 Å². The Balaban J connectivity index is 1.64. The van der Waals surface area contributed by atoms with Gasteiger partial charge in [0.25, 0.3) is 5.56 Å². The molecule has 0 saturated carbocycles. The van der Waals surface area contributed by atoms with Crippen LogP contribution >= 0.6 is 23.1 Å². The third kappa shape index (κ3) is 6.09. The highest BCUT2D eigenvalue weighted by Gasteiger charge is 2.18. The molecule has 0 amide bonds. The zero-order valence-electron chi connectivity index (χ0n) is 19.8. The van der Waals surface area contributed by atoms with Crippen molar-refractivity contribution in [3.05, 3.63) is 44.6 Å². The van der Waals surface area contributed by atoms with Crippen LogP contribution in [0.25, 0.3) is 10.2 Å². The van der Waals surface area contributed by atoms with Crippen molar-refractivity contribution in [2.75, 3.05) is 26.6 Å². The van der Waals surface area contributed by atoms with Gasteiger partial charge in [-0.3, -0.25) is 9.36 Å². The first-order valence-electron chi connectivity index (χ1n) is 11.0. The number of thiophene rings is 1. The van der Waals surface area contributed by atoms with Crippen LogP contribution in [0.3, 0.4) is 0 Å². The number of benzene rings is 1. The highest BCUT2D eigenvalue weighted by molar-refractivity contribution is 7.99. The molecule has 0 spiro atoms. The Bertz CT molecular complexity index is 1140. The quantitative estimate of drug-likeness (QED) is 0.293. The summed E-state index contributed by atoms with van der Waals surface area (Å²) in [6.45, 7) is 7.25. The summed E-state index contributed by atoms with van der Waals surface area (Å²) in [5.41, 5.74) is 1.95. The number of aliphatic hydroxyl groups is 1. The van der Waals surface area contributed by atoms with Crippen molar-refractivity contribution in [2.24, 2.45) is 0 Å². The van der Waals surface area contributed by atoms with E-state index >= 15 is 0 Å². The fraction of sp³-hybridized carbons (Fsp3) is 0.500. The molecule has 180 valence electrons. The molecule has 1 N–H and O–H groups in total. The predicted molar refractivity (Wildman–Crippen MR) is 134 cm³/mol. The van der Waals surface area contributed by atoms with Crippen LogP contribution in [0.5, 0.6) is 11.5 Å². The molecule has 2 aromatic heterocycles. The van der Waals surface area contributed by atoms with Crippen molar-refractivity contribution in [1.29, 1.82) is 0 Å². The second-order valence-corrected chi connectivity index (χ2v) is 10.0. The monoisotopic (exact) mass is 492 g/mol. The summed E-state index contributed by atoms with van der Waals surface area (Å²) in [5, 5.41) is 11.8. The highest BCUT2D eigenvalue weighted by Crippen LogP contribution is 2.29. The second-order valence-electron chi connectivity index (χ2n) is 7.84. The van der Waals surface area contributed by atoms with E-state index in [9.17, 15) is 9.90 Å². The number of methoxy groups -OCH3 is 2. The molecule has 3 aromatic rings. The van der Waals surface area contributed by atoms with Crippen LogP contribution < -0.4 is 15.0 Å². The molecular formula is C24H32N2O5S2. The van der Waals surface area contributed by atoms with Gasteiger partial charge in [0, 0.05) is 17.2 Å². The maximum atomic E-state index is 13.2. The number of rotatable bonds is 12. The van der Waals surface area contributed by atoms with Crippen molar-refractivity contribution in [1.82, 2.24) is 9.55 Å². The molecular weight excluding hydrogens is 460 g/mol. The number of thioether (sulfide) groups is 1. The molecule has 0 radical (unpaired) electrons. The molecule has 2 heterocycles. The number of unbranched alkanes of at least 4 members (excludes halogenated alkanes) is 1. The van der Waals surface area contributed by atoms with Gasteiger partial charge in [-0.1, -0.05) is 31.2 Å². The van der Waals surface area contributed by atoms with E-state index in [-0.39, 0.29) is 12.2 Å². The van der Waals surface area contributed by atoms with E-state index < -0.39 is 6.10 Å². The first-order valence-corrected chi connectivity index (χ1v) is 12.8. The summed E-state index contributed by atoms with van der Waals surface area (Å²) in [6.07, 6.45) is 1.21. The van der Waals surface area contributed by atoms with Crippen LogP contribution in [0, 0.1) is 13.8 Å². The van der Waals surface area contributed by atoms with Gasteiger partial charge in [0.15, 0.2) is 16.7 Å². The van der Waals surface area contributed by atoms with Gasteiger partial charge in [-0.25, -0.2) is 4.98 Å². The molecule has 1 atom stereocenters. The minimum absolute atomic E-state index is 0.0111. The number of hydrogen-bond donors (Lipinski definition) is 1. The van der Waals surface area contributed by atoms with Crippen LogP contribution in [0.4, 0.5) is 0 Å². The largest absolute Gasteiger partial charge is 0.493 e. The molecule has 0 aliphatic rings. The summed E-state index contributed by atoms with van der Waals surface area (Å²) in [4.78, 5) is 19.8. The van der Waals surface area contributed by atoms with Gasteiger partial charge in [0.2, 0.25) is 0 Å². The molecule has 0 aliphatic carbocycles. The van der Waals surface area contributed by atoms with Crippen molar-refractivity contribution in [3.8, 4) is 11.5 Å². The third-order valence-electron chi connectivity index (χ3n) is 5.42. The zero-order chi connectivity index (χ0) is 24.0. The van der Waals surface area contributed by atoms with E-state index in [2.05, 4.69) is 6.92 Å². The number of aliphatic hydroxyl groups excluding tert-OH is 1. The molecule has 33 heavy (non-hydrogen) atoms. The number of ether oxygens (including phenoxy) is 3. The van der Waals surface area contributed by atoms with E-state index in [1.165, 1.54) is 11.8 Å². The van der Waals surface area contributed by atoms with Crippen molar-refractivity contribution < 1.29 is 19.3 Å². The third-order valence-corrected chi connectivity index (χ3v) is 7.64. The van der Waals surface area contributed by atoms with E-state index in [1.807, 2.05) is 32.0 Å². The maximum Gasteiger partial charge on any atom is 0.263 e. The van der Waals surface area contributed by atoms with E-state index in [4.69, 9.17) is 19.2 Å². The Kier molecular flexibility index (Phi) is 9.19. The SMILES string of the molecule is CCCCn1c(SCC(O)COCc2ccc(OC)c(OC)c2)nc2sc(C)c(C)c2c1=O. The number of hydrogen-bond acceptors (Lipinski definition) is 8. The Morgan fingerprint density at radius 1 is 1.21 bits per heavy atom. The van der Waals surface area contributed by atoms with Crippen LogP contribution in [0.2, 0.25) is 0 Å². The Morgan fingerprint density at radius 3 is 2.67 bits per heavy atom. The lowest BCUT2D eigenvalue weighted by molar-refractivity contribution is 0.0397. The average molecular weight is 493 g/mol. The smallest absolute Gasteiger partial charge is 0.263 e. The number of nitrogens with zero attached hydrogens (tertiary/aromatic N) is 2. The molecule has 0 fully saturated rings. The molecule has 9 heteroatoms. The minimum Gasteiger partial charge on any atom is -0.493 e. The van der Waals surface area contributed by atoms with Gasteiger partial charge < -0.3 is 19.3 Å². The van der Waals surface area contributed by atoms with Crippen molar-refractivity contribution in [2.45, 2.75) is 58.0 Å². The minimum atomic E-state index is -0.686. The molecule has 0 saturated heterocycles. The molecule has 0 aliphatic heterocycles. The Morgan fingerprint density at radius 2 is 1.97 bits per heavy atom. The van der Waals surface area contributed by atoms with Gasteiger partial charge in [-0.05, 0) is 43.5 Å². The topological polar surface area (TPSA) is 82.8 Å². The van der Waals surface area contributed by atoms with E-state index in [1.54, 1.807) is 30.1 Å². The molecule has 0 bridgehead atoms.